The van der Waals surface area contributed by atoms with Crippen LogP contribution in [0, 0.1) is 0 Å². The third-order valence-electron chi connectivity index (χ3n) is 3.08. The standard InChI is InChI=1S/C13H13F3O2/c1-18-9-5-6-10(11(7-9)13(14,15)16)12(17)8-3-2-4-8/h5-7,17H,2-4H2,1H3. The van der Waals surface area contributed by atoms with Crippen LogP contribution in [0.15, 0.2) is 23.8 Å². The molecule has 2 rings (SSSR count). The lowest BCUT2D eigenvalue weighted by Gasteiger charge is -2.21. The summed E-state index contributed by atoms with van der Waals surface area (Å²) in [6, 6.07) is 3.58. The topological polar surface area (TPSA) is 29.5 Å². The van der Waals surface area contributed by atoms with E-state index >= 15 is 0 Å². The lowest BCUT2D eigenvalue weighted by Crippen LogP contribution is -2.11. The Labute approximate surface area is 103 Å². The Balaban J connectivity index is 2.53. The van der Waals surface area contributed by atoms with Crippen LogP contribution >= 0.6 is 0 Å². The van der Waals surface area contributed by atoms with Gasteiger partial charge in [0.2, 0.25) is 0 Å². The first kappa shape index (κ1) is 12.8. The van der Waals surface area contributed by atoms with E-state index in [-0.39, 0.29) is 17.1 Å². The van der Waals surface area contributed by atoms with Crippen molar-refractivity contribution < 1.29 is 23.0 Å². The first-order valence-corrected chi connectivity index (χ1v) is 5.60. The maximum Gasteiger partial charge on any atom is 0.417 e. The first-order chi connectivity index (χ1) is 8.43. The van der Waals surface area contributed by atoms with E-state index in [0.29, 0.717) is 18.4 Å². The molecule has 1 aromatic rings. The number of halogens is 3. The van der Waals surface area contributed by atoms with Crippen molar-refractivity contribution in [3.05, 3.63) is 34.9 Å². The van der Waals surface area contributed by atoms with Crippen LogP contribution in [0.4, 0.5) is 13.2 Å². The van der Waals surface area contributed by atoms with Crippen molar-refractivity contribution in [3.63, 3.8) is 0 Å². The number of aliphatic hydroxyl groups is 1. The minimum absolute atomic E-state index is 0.123. The fraction of sp³-hybridized carbons (Fsp3) is 0.385. The highest BCUT2D eigenvalue weighted by Gasteiger charge is 2.35. The number of hydrogen-bond donors (Lipinski definition) is 1. The van der Waals surface area contributed by atoms with E-state index in [1.165, 1.54) is 19.2 Å². The number of hydrogen-bond acceptors (Lipinski definition) is 2. The van der Waals surface area contributed by atoms with Crippen molar-refractivity contribution in [1.82, 2.24) is 0 Å². The van der Waals surface area contributed by atoms with Crippen molar-refractivity contribution >= 4 is 5.76 Å². The van der Waals surface area contributed by atoms with Gasteiger partial charge in [0.05, 0.1) is 12.7 Å². The molecule has 0 aliphatic heterocycles. The molecule has 1 aliphatic carbocycles. The molecule has 1 N–H and O–H groups in total. The molecule has 1 fully saturated rings. The van der Waals surface area contributed by atoms with E-state index in [9.17, 15) is 18.3 Å². The average molecular weight is 258 g/mol. The molecule has 0 unspecified atom stereocenters. The predicted octanol–water partition coefficient (Wildman–Crippen LogP) is 4.17. The van der Waals surface area contributed by atoms with Crippen LogP contribution in [0.1, 0.15) is 30.4 Å². The van der Waals surface area contributed by atoms with Gasteiger partial charge in [0, 0.05) is 5.56 Å². The summed E-state index contributed by atoms with van der Waals surface area (Å²) < 4.78 is 43.6. The molecule has 0 saturated heterocycles. The summed E-state index contributed by atoms with van der Waals surface area (Å²) in [6.07, 6.45) is -2.27. The van der Waals surface area contributed by atoms with Gasteiger partial charge in [-0.3, -0.25) is 0 Å². The number of methoxy groups -OCH3 is 1. The molecule has 0 atom stereocenters. The van der Waals surface area contributed by atoms with Crippen molar-refractivity contribution in [1.29, 1.82) is 0 Å². The summed E-state index contributed by atoms with van der Waals surface area (Å²) in [7, 11) is 1.30. The third-order valence-corrected chi connectivity index (χ3v) is 3.08. The Morgan fingerprint density at radius 2 is 1.94 bits per heavy atom. The van der Waals surface area contributed by atoms with Crippen molar-refractivity contribution in [2.75, 3.05) is 7.11 Å². The summed E-state index contributed by atoms with van der Waals surface area (Å²) >= 11 is 0. The van der Waals surface area contributed by atoms with E-state index in [1.807, 2.05) is 0 Å². The van der Waals surface area contributed by atoms with Gasteiger partial charge in [-0.1, -0.05) is 0 Å². The fourth-order valence-corrected chi connectivity index (χ4v) is 1.87. The molecule has 18 heavy (non-hydrogen) atoms. The SMILES string of the molecule is COc1ccc(C(O)=C2CCC2)c(C(F)(F)F)c1. The van der Waals surface area contributed by atoms with Gasteiger partial charge in [-0.25, -0.2) is 0 Å². The third kappa shape index (κ3) is 2.30. The van der Waals surface area contributed by atoms with Gasteiger partial charge in [0.25, 0.3) is 0 Å². The highest BCUT2D eigenvalue weighted by Crippen LogP contribution is 2.40. The van der Waals surface area contributed by atoms with Gasteiger partial charge >= 0.3 is 6.18 Å². The predicted molar refractivity (Wildman–Crippen MR) is 61.4 cm³/mol. The van der Waals surface area contributed by atoms with Gasteiger partial charge in [-0.05, 0) is 43.0 Å². The molecule has 0 aromatic heterocycles. The molecule has 1 saturated carbocycles. The molecule has 5 heteroatoms. The summed E-state index contributed by atoms with van der Waals surface area (Å²) in [5.74, 6) is -0.117. The maximum absolute atomic E-state index is 12.9. The van der Waals surface area contributed by atoms with Crippen molar-refractivity contribution in [2.45, 2.75) is 25.4 Å². The average Bonchev–Trinajstić information content (AvgIpc) is 2.24. The number of benzene rings is 1. The molecule has 1 aliphatic rings. The molecule has 1 aromatic carbocycles. The lowest BCUT2D eigenvalue weighted by molar-refractivity contribution is -0.138. The zero-order valence-electron chi connectivity index (χ0n) is 9.84. The van der Waals surface area contributed by atoms with Crippen molar-refractivity contribution in [2.24, 2.45) is 0 Å². The minimum atomic E-state index is -4.51. The summed E-state index contributed by atoms with van der Waals surface area (Å²) in [4.78, 5) is 0. The van der Waals surface area contributed by atoms with E-state index in [4.69, 9.17) is 4.74 Å². The molecule has 98 valence electrons. The van der Waals surface area contributed by atoms with E-state index in [1.54, 1.807) is 0 Å². The van der Waals surface area contributed by atoms with Gasteiger partial charge in [-0.15, -0.1) is 0 Å². The Bertz CT molecular complexity index is 483. The molecule has 2 nitrogen and oxygen atoms in total. The Kier molecular flexibility index (Phi) is 3.24. The summed E-state index contributed by atoms with van der Waals surface area (Å²) in [5.41, 5.74) is -0.345. The van der Waals surface area contributed by atoms with E-state index in [0.717, 1.165) is 12.5 Å². The number of rotatable bonds is 2. The molecule has 0 radical (unpaired) electrons. The molecule has 0 bridgehead atoms. The fourth-order valence-electron chi connectivity index (χ4n) is 1.87. The second kappa shape index (κ2) is 4.55. The Morgan fingerprint density at radius 1 is 1.28 bits per heavy atom. The number of allylic oxidation sites excluding steroid dienone is 1. The van der Waals surface area contributed by atoms with Gasteiger partial charge in [0.1, 0.15) is 11.5 Å². The lowest BCUT2D eigenvalue weighted by atomic mass is 9.88. The van der Waals surface area contributed by atoms with Crippen LogP contribution in [0.2, 0.25) is 0 Å². The van der Waals surface area contributed by atoms with Crippen molar-refractivity contribution in [3.8, 4) is 5.75 Å². The second-order valence-corrected chi connectivity index (χ2v) is 4.21. The van der Waals surface area contributed by atoms with Gasteiger partial charge in [0.15, 0.2) is 0 Å². The normalized spacial score (nSPS) is 15.2. The van der Waals surface area contributed by atoms with Gasteiger partial charge < -0.3 is 9.84 Å². The van der Waals surface area contributed by atoms with Crippen LogP contribution in [0.25, 0.3) is 5.76 Å². The summed E-state index contributed by atoms with van der Waals surface area (Å²) in [5, 5.41) is 9.89. The largest absolute Gasteiger partial charge is 0.507 e. The van der Waals surface area contributed by atoms with Crippen LogP contribution < -0.4 is 4.74 Å². The highest BCUT2D eigenvalue weighted by atomic mass is 19.4. The molecule has 0 spiro atoms. The van der Waals surface area contributed by atoms with Crippen LogP contribution in [0.5, 0.6) is 5.75 Å². The first-order valence-electron chi connectivity index (χ1n) is 5.60. The van der Waals surface area contributed by atoms with Gasteiger partial charge in [-0.2, -0.15) is 13.2 Å². The molecular formula is C13H13F3O2. The number of aliphatic hydroxyl groups excluding tert-OH is 1. The highest BCUT2D eigenvalue weighted by molar-refractivity contribution is 5.67. The molecule has 0 amide bonds. The maximum atomic E-state index is 12.9. The van der Waals surface area contributed by atoms with E-state index < -0.39 is 11.7 Å². The van der Waals surface area contributed by atoms with Crippen LogP contribution in [-0.2, 0) is 6.18 Å². The van der Waals surface area contributed by atoms with Crippen LogP contribution in [0.3, 0.4) is 0 Å². The quantitative estimate of drug-likeness (QED) is 0.807. The smallest absolute Gasteiger partial charge is 0.417 e. The monoisotopic (exact) mass is 258 g/mol. The Hall–Kier alpha value is -1.65. The summed E-state index contributed by atoms with van der Waals surface area (Å²) in [6.45, 7) is 0. The number of ether oxygens (including phenoxy) is 1. The number of alkyl halides is 3. The van der Waals surface area contributed by atoms with E-state index in [2.05, 4.69) is 0 Å². The molecule has 0 heterocycles. The zero-order valence-corrected chi connectivity index (χ0v) is 9.84. The minimum Gasteiger partial charge on any atom is -0.507 e. The zero-order chi connectivity index (χ0) is 13.3. The second-order valence-electron chi connectivity index (χ2n) is 4.21. The Morgan fingerprint density at radius 3 is 2.39 bits per heavy atom. The molecular weight excluding hydrogens is 245 g/mol. The van der Waals surface area contributed by atoms with Crippen LogP contribution in [-0.4, -0.2) is 12.2 Å².